The molecule has 0 spiro atoms. The molecule has 0 saturated heterocycles. The summed E-state index contributed by atoms with van der Waals surface area (Å²) in [5.74, 6) is -0.657. The van der Waals surface area contributed by atoms with Crippen LogP contribution in [0.1, 0.15) is 64.6 Å². The van der Waals surface area contributed by atoms with E-state index in [1.807, 2.05) is 26.0 Å². The lowest BCUT2D eigenvalue weighted by molar-refractivity contribution is 0.0698. The molecule has 4 rings (SSSR count). The minimum absolute atomic E-state index is 0.183. The number of carboxylic acid groups (broad SMARTS) is 1. The van der Waals surface area contributed by atoms with Gasteiger partial charge in [-0.1, -0.05) is 18.2 Å². The van der Waals surface area contributed by atoms with Crippen molar-refractivity contribution in [3.63, 3.8) is 0 Å². The highest BCUT2D eigenvalue weighted by molar-refractivity contribution is 5.94. The van der Waals surface area contributed by atoms with Crippen molar-refractivity contribution in [3.8, 4) is 6.07 Å². The van der Waals surface area contributed by atoms with Gasteiger partial charge >= 0.3 is 5.97 Å². The zero-order valence-electron chi connectivity index (χ0n) is 15.7. The topological polar surface area (TPSA) is 98.9 Å². The Labute approximate surface area is 162 Å². The number of aromatic carboxylic acids is 1. The summed E-state index contributed by atoms with van der Waals surface area (Å²) in [6, 6.07) is 12.8. The maximum absolute atomic E-state index is 11.5. The summed E-state index contributed by atoms with van der Waals surface area (Å²) in [6.07, 6.45) is 2.08. The molecule has 0 amide bonds. The number of carbonyl (C=O) groups is 1. The van der Waals surface area contributed by atoms with Gasteiger partial charge in [0.25, 0.3) is 0 Å². The van der Waals surface area contributed by atoms with E-state index in [9.17, 15) is 15.2 Å². The molecule has 1 aromatic heterocycles. The molecule has 1 unspecified atom stereocenters. The second-order valence-electron chi connectivity index (χ2n) is 7.28. The van der Waals surface area contributed by atoms with Crippen molar-refractivity contribution < 1.29 is 9.90 Å². The van der Waals surface area contributed by atoms with Crippen LogP contribution in [0.25, 0.3) is 11.0 Å². The minimum Gasteiger partial charge on any atom is -0.478 e. The smallest absolute Gasteiger partial charge is 0.337 e. The van der Waals surface area contributed by atoms with Crippen LogP contribution in [0, 0.1) is 18.3 Å². The van der Waals surface area contributed by atoms with E-state index in [0.29, 0.717) is 22.8 Å². The normalized spacial score (nSPS) is 14.5. The molecule has 1 heterocycles. The van der Waals surface area contributed by atoms with Crippen LogP contribution in [-0.4, -0.2) is 21.0 Å². The van der Waals surface area contributed by atoms with Crippen molar-refractivity contribution in [3.05, 3.63) is 64.5 Å². The number of nitrogens with zero attached hydrogens (tertiary/aromatic N) is 3. The molecule has 6 nitrogen and oxygen atoms in total. The first-order valence-corrected chi connectivity index (χ1v) is 9.29. The number of para-hydroxylation sites is 1. The van der Waals surface area contributed by atoms with E-state index in [1.165, 1.54) is 0 Å². The molecular weight excluding hydrogens is 352 g/mol. The lowest BCUT2D eigenvalue weighted by Gasteiger charge is -2.19. The van der Waals surface area contributed by atoms with Gasteiger partial charge in [-0.3, -0.25) is 0 Å². The number of aryl methyl sites for hydroxylation is 1. The third-order valence-corrected chi connectivity index (χ3v) is 5.04. The van der Waals surface area contributed by atoms with Gasteiger partial charge in [-0.15, -0.1) is 0 Å². The van der Waals surface area contributed by atoms with Crippen LogP contribution in [-0.2, 0) is 0 Å². The monoisotopic (exact) mass is 372 g/mol. The summed E-state index contributed by atoms with van der Waals surface area (Å²) in [7, 11) is 0. The van der Waals surface area contributed by atoms with Crippen molar-refractivity contribution in [2.75, 3.05) is 5.32 Å². The van der Waals surface area contributed by atoms with Crippen molar-refractivity contribution >= 4 is 22.7 Å². The number of anilines is 1. The fraction of sp³-hybridized carbons (Fsp3) is 0.273. The van der Waals surface area contributed by atoms with Gasteiger partial charge in [-0.05, 0) is 50.5 Å². The summed E-state index contributed by atoms with van der Waals surface area (Å²) < 4.78 is 0. The Balaban J connectivity index is 1.81. The molecule has 1 aliphatic rings. The summed E-state index contributed by atoms with van der Waals surface area (Å²) in [6.45, 7) is 3.95. The first-order chi connectivity index (χ1) is 13.5. The van der Waals surface area contributed by atoms with Gasteiger partial charge in [0.05, 0.1) is 28.3 Å². The number of aromatic nitrogens is 2. The largest absolute Gasteiger partial charge is 0.478 e. The molecule has 140 valence electrons. The zero-order valence-corrected chi connectivity index (χ0v) is 15.7. The van der Waals surface area contributed by atoms with Crippen LogP contribution < -0.4 is 5.32 Å². The Kier molecular flexibility index (Phi) is 4.44. The Morgan fingerprint density at radius 1 is 1.29 bits per heavy atom. The third-order valence-electron chi connectivity index (χ3n) is 5.04. The van der Waals surface area contributed by atoms with Crippen LogP contribution >= 0.6 is 0 Å². The van der Waals surface area contributed by atoms with Crippen LogP contribution in [0.15, 0.2) is 36.4 Å². The quantitative estimate of drug-likeness (QED) is 0.681. The molecule has 2 N–H and O–H groups in total. The van der Waals surface area contributed by atoms with Gasteiger partial charge in [0.2, 0.25) is 0 Å². The standard InChI is InChI=1S/C22H20N4O2/c1-12-9-16(13(2)24-17-6-4-3-5-15(17)22(27)28)21-18(10-12)25-19(11-23)20(26-21)14-7-8-14/h3-6,9-10,13-14,24H,7-8H2,1-2H3,(H,27,28). The molecule has 6 heteroatoms. The van der Waals surface area contributed by atoms with Gasteiger partial charge in [0.15, 0.2) is 5.69 Å². The predicted molar refractivity (Wildman–Crippen MR) is 106 cm³/mol. The van der Waals surface area contributed by atoms with Gasteiger partial charge in [0, 0.05) is 17.2 Å². The Morgan fingerprint density at radius 3 is 2.71 bits per heavy atom. The van der Waals surface area contributed by atoms with Gasteiger partial charge in [0.1, 0.15) is 6.07 Å². The summed E-state index contributed by atoms with van der Waals surface area (Å²) in [4.78, 5) is 20.9. The molecule has 1 aliphatic carbocycles. The van der Waals surface area contributed by atoms with Gasteiger partial charge < -0.3 is 10.4 Å². The number of benzene rings is 2. The van der Waals surface area contributed by atoms with E-state index in [-0.39, 0.29) is 11.6 Å². The Morgan fingerprint density at radius 2 is 2.04 bits per heavy atom. The number of hydrogen-bond acceptors (Lipinski definition) is 5. The van der Waals surface area contributed by atoms with Crippen LogP contribution in [0.5, 0.6) is 0 Å². The average Bonchev–Trinajstić information content (AvgIpc) is 3.51. The molecule has 1 fully saturated rings. The highest BCUT2D eigenvalue weighted by atomic mass is 16.4. The number of fused-ring (bicyclic) bond motifs is 1. The molecule has 1 saturated carbocycles. The van der Waals surface area contributed by atoms with Crippen LogP contribution in [0.3, 0.4) is 0 Å². The zero-order chi connectivity index (χ0) is 19.8. The van der Waals surface area contributed by atoms with Crippen LogP contribution in [0.4, 0.5) is 5.69 Å². The molecule has 0 aliphatic heterocycles. The van der Waals surface area contributed by atoms with Crippen molar-refractivity contribution in [2.45, 2.75) is 38.6 Å². The fourth-order valence-electron chi connectivity index (χ4n) is 3.51. The van der Waals surface area contributed by atoms with Crippen molar-refractivity contribution in [2.24, 2.45) is 0 Å². The Bertz CT molecular complexity index is 1130. The summed E-state index contributed by atoms with van der Waals surface area (Å²) in [5, 5.41) is 22.2. The summed E-state index contributed by atoms with van der Waals surface area (Å²) >= 11 is 0. The highest BCUT2D eigenvalue weighted by Gasteiger charge is 2.29. The molecular formula is C22H20N4O2. The molecule has 1 atom stereocenters. The van der Waals surface area contributed by atoms with E-state index in [4.69, 9.17) is 4.98 Å². The lowest BCUT2D eigenvalue weighted by Crippen LogP contribution is -2.12. The van der Waals surface area contributed by atoms with E-state index >= 15 is 0 Å². The van der Waals surface area contributed by atoms with E-state index < -0.39 is 5.97 Å². The Hall–Kier alpha value is -3.46. The number of hydrogen-bond donors (Lipinski definition) is 2. The maximum atomic E-state index is 11.5. The number of rotatable bonds is 5. The maximum Gasteiger partial charge on any atom is 0.337 e. The molecule has 28 heavy (non-hydrogen) atoms. The fourth-order valence-corrected chi connectivity index (χ4v) is 3.51. The van der Waals surface area contributed by atoms with E-state index in [2.05, 4.69) is 16.4 Å². The van der Waals surface area contributed by atoms with E-state index in [1.54, 1.807) is 24.3 Å². The van der Waals surface area contributed by atoms with Crippen molar-refractivity contribution in [1.29, 1.82) is 5.26 Å². The second-order valence-corrected chi connectivity index (χ2v) is 7.28. The molecule has 0 bridgehead atoms. The number of carboxylic acids is 1. The molecule has 3 aromatic rings. The first kappa shape index (κ1) is 17.9. The summed E-state index contributed by atoms with van der Waals surface area (Å²) in [5.41, 5.74) is 5.37. The predicted octanol–water partition coefficient (Wildman–Crippen LogP) is 4.56. The minimum atomic E-state index is -0.973. The lowest BCUT2D eigenvalue weighted by atomic mass is 10.0. The number of nitriles is 1. The average molecular weight is 372 g/mol. The van der Waals surface area contributed by atoms with Crippen molar-refractivity contribution in [1.82, 2.24) is 9.97 Å². The SMILES string of the molecule is Cc1cc(C(C)Nc2ccccc2C(=O)O)c2nc(C3CC3)c(C#N)nc2c1. The third kappa shape index (κ3) is 3.27. The van der Waals surface area contributed by atoms with Gasteiger partial charge in [-0.25, -0.2) is 14.8 Å². The molecule has 0 radical (unpaired) electrons. The number of nitrogens with one attached hydrogen (secondary N) is 1. The van der Waals surface area contributed by atoms with Gasteiger partial charge in [-0.2, -0.15) is 5.26 Å². The highest BCUT2D eigenvalue weighted by Crippen LogP contribution is 2.41. The van der Waals surface area contributed by atoms with E-state index in [0.717, 1.165) is 35.2 Å². The second kappa shape index (κ2) is 6.93. The first-order valence-electron chi connectivity index (χ1n) is 9.29. The molecule has 2 aromatic carbocycles. The van der Waals surface area contributed by atoms with Crippen LogP contribution in [0.2, 0.25) is 0 Å².